The van der Waals surface area contributed by atoms with E-state index in [-0.39, 0.29) is 23.8 Å². The van der Waals surface area contributed by atoms with Gasteiger partial charge in [-0.2, -0.15) is 13.2 Å². The summed E-state index contributed by atoms with van der Waals surface area (Å²) in [5.41, 5.74) is 0.679. The van der Waals surface area contributed by atoms with Gasteiger partial charge in [-0.3, -0.25) is 0 Å². The maximum Gasteiger partial charge on any atom is 0.417 e. The van der Waals surface area contributed by atoms with Gasteiger partial charge in [0.15, 0.2) is 5.58 Å². The summed E-state index contributed by atoms with van der Waals surface area (Å²) in [5, 5.41) is 9.89. The van der Waals surface area contributed by atoms with Crippen molar-refractivity contribution in [3.63, 3.8) is 0 Å². The Bertz CT molecular complexity index is 1710. The van der Waals surface area contributed by atoms with Crippen LogP contribution in [0.15, 0.2) is 46.3 Å². The molecule has 0 aliphatic carbocycles. The van der Waals surface area contributed by atoms with E-state index in [0.29, 0.717) is 26.3 Å². The minimum Gasteiger partial charge on any atom is -0.355 e. The number of hydrogen-bond acceptors (Lipinski definition) is 6. The lowest BCUT2D eigenvalue weighted by Gasteiger charge is -2.31. The lowest BCUT2D eigenvalue weighted by Crippen LogP contribution is -2.43. The smallest absolute Gasteiger partial charge is 0.355 e. The summed E-state index contributed by atoms with van der Waals surface area (Å²) < 4.78 is 75.0. The van der Waals surface area contributed by atoms with Crippen LogP contribution in [-0.2, 0) is 12.1 Å². The Labute approximate surface area is 287 Å². The number of anilines is 2. The molecule has 1 fully saturated rings. The quantitative estimate of drug-likeness (QED) is 0.132. The number of nitrogens with one attached hydrogen (secondary N) is 2. The number of hydrogen-bond donors (Lipinski definition) is 2. The van der Waals surface area contributed by atoms with Crippen LogP contribution in [0.3, 0.4) is 0 Å². The number of rotatable bonds is 9. The molecule has 1 saturated heterocycles. The molecule has 16 heteroatoms. The van der Waals surface area contributed by atoms with Crippen molar-refractivity contribution in [1.82, 2.24) is 15.0 Å². The number of alkyl halides is 5. The molecule has 4 aromatic rings. The van der Waals surface area contributed by atoms with Gasteiger partial charge in [0.2, 0.25) is 0 Å². The van der Waals surface area contributed by atoms with Gasteiger partial charge in [0, 0.05) is 30.5 Å². The number of thiophene rings is 1. The van der Waals surface area contributed by atoms with E-state index in [1.807, 2.05) is 6.92 Å². The zero-order valence-electron chi connectivity index (χ0n) is 25.9. The highest BCUT2D eigenvalue weighted by Gasteiger charge is 2.35. The topological polar surface area (TPSA) is 90.7 Å². The summed E-state index contributed by atoms with van der Waals surface area (Å²) in [7, 11) is 0. The van der Waals surface area contributed by atoms with Crippen LogP contribution in [0.1, 0.15) is 60.9 Å². The maximum absolute atomic E-state index is 14.1. The van der Waals surface area contributed by atoms with Gasteiger partial charge >= 0.3 is 18.2 Å². The number of piperidine rings is 1. The van der Waals surface area contributed by atoms with Crippen LogP contribution in [0.2, 0.25) is 10.0 Å². The monoisotopic (exact) mass is 731 g/mol. The maximum atomic E-state index is 14.1. The number of aryl methyl sites for hydroxylation is 1. The zero-order valence-corrected chi connectivity index (χ0v) is 28.2. The largest absolute Gasteiger partial charge is 0.417 e. The third kappa shape index (κ3) is 8.04. The number of carbonyl (C=O) groups excluding carboxylic acids is 2. The van der Waals surface area contributed by atoms with Crippen molar-refractivity contribution in [2.24, 2.45) is 0 Å². The highest BCUT2D eigenvalue weighted by Crippen LogP contribution is 2.40. The number of fused-ring (bicyclic) bond motifs is 1. The number of aromatic nitrogens is 1. The number of amides is 4. The lowest BCUT2D eigenvalue weighted by molar-refractivity contribution is -0.137. The summed E-state index contributed by atoms with van der Waals surface area (Å²) in [6.07, 6.45) is -2.07. The van der Waals surface area contributed by atoms with E-state index < -0.39 is 45.3 Å². The second kappa shape index (κ2) is 14.6. The molecule has 0 unspecified atom stereocenters. The van der Waals surface area contributed by atoms with Crippen LogP contribution >= 0.6 is 34.5 Å². The van der Waals surface area contributed by atoms with Crippen LogP contribution < -0.4 is 10.6 Å². The first-order chi connectivity index (χ1) is 22.6. The average Bonchev–Trinajstić information content (AvgIpc) is 3.61. The molecule has 2 aromatic heterocycles. The average molecular weight is 733 g/mol. The Kier molecular flexibility index (Phi) is 10.9. The lowest BCUT2D eigenvalue weighted by atomic mass is 9.93. The van der Waals surface area contributed by atoms with E-state index >= 15 is 0 Å². The molecule has 5 rings (SSSR count). The van der Waals surface area contributed by atoms with Gasteiger partial charge in [-0.1, -0.05) is 46.6 Å². The molecule has 2 N–H and O–H groups in total. The predicted octanol–water partition coefficient (Wildman–Crippen LogP) is 10.4. The number of urea groups is 2. The number of carbonyl (C=O) groups is 2. The number of unbranched alkanes of at least 4 members (excludes halogenated alkanes) is 1. The number of halogens is 7. The van der Waals surface area contributed by atoms with Gasteiger partial charge < -0.3 is 20.1 Å². The molecule has 1 aliphatic rings. The highest BCUT2D eigenvalue weighted by atomic mass is 35.5. The molecule has 8 nitrogen and oxygen atoms in total. The molecule has 2 aromatic carbocycles. The van der Waals surface area contributed by atoms with E-state index in [0.717, 1.165) is 70.6 Å². The van der Waals surface area contributed by atoms with Gasteiger partial charge in [-0.05, 0) is 75.8 Å². The van der Waals surface area contributed by atoms with Crippen molar-refractivity contribution in [1.29, 1.82) is 0 Å². The van der Waals surface area contributed by atoms with Gasteiger partial charge in [0.25, 0.3) is 5.92 Å². The first-order valence-electron chi connectivity index (χ1n) is 15.1. The fourth-order valence-corrected chi connectivity index (χ4v) is 7.28. The number of likely N-dealkylation sites (tertiary alicyclic amines) is 1. The molecule has 0 bridgehead atoms. The first kappa shape index (κ1) is 35.8. The molecule has 1 aliphatic heterocycles. The first-order valence-corrected chi connectivity index (χ1v) is 16.8. The Morgan fingerprint density at radius 3 is 2.15 bits per heavy atom. The number of nitrogens with zero attached hydrogens (tertiary/aromatic N) is 3. The summed E-state index contributed by atoms with van der Waals surface area (Å²) in [4.78, 5) is 29.7. The molecule has 0 saturated carbocycles. The second-order valence-corrected chi connectivity index (χ2v) is 13.3. The van der Waals surface area contributed by atoms with Crippen LogP contribution in [-0.4, -0.2) is 53.2 Å². The Morgan fingerprint density at radius 2 is 1.56 bits per heavy atom. The van der Waals surface area contributed by atoms with E-state index in [1.54, 1.807) is 11.3 Å². The van der Waals surface area contributed by atoms with Crippen LogP contribution in [0.5, 0.6) is 0 Å². The second-order valence-electron chi connectivity index (χ2n) is 11.7. The Hall–Kier alpha value is -3.46. The van der Waals surface area contributed by atoms with Crippen molar-refractivity contribution in [2.45, 2.75) is 57.5 Å². The summed E-state index contributed by atoms with van der Waals surface area (Å²) >= 11 is 13.8. The molecular weight excluding hydrogens is 700 g/mol. The molecule has 0 atom stereocenters. The fourth-order valence-electron chi connectivity index (χ4n) is 5.63. The zero-order chi connectivity index (χ0) is 34.8. The summed E-state index contributed by atoms with van der Waals surface area (Å²) in [6, 6.07) is 4.60. The molecule has 0 spiro atoms. The van der Waals surface area contributed by atoms with Gasteiger partial charge in [-0.25, -0.2) is 23.3 Å². The molecule has 3 heterocycles. The molecule has 0 radical (unpaired) electrons. The Morgan fingerprint density at radius 1 is 0.979 bits per heavy atom. The van der Waals surface area contributed by atoms with Gasteiger partial charge in [-0.15, -0.1) is 11.3 Å². The summed E-state index contributed by atoms with van der Waals surface area (Å²) in [6.45, 7) is 4.82. The van der Waals surface area contributed by atoms with Crippen LogP contribution in [0, 0.1) is 6.92 Å². The van der Waals surface area contributed by atoms with Crippen LogP contribution in [0.25, 0.3) is 10.3 Å². The van der Waals surface area contributed by atoms with Crippen molar-refractivity contribution in [3.8, 4) is 0 Å². The number of imide groups is 1. The molecule has 48 heavy (non-hydrogen) atoms. The Balaban J connectivity index is 1.24. The predicted molar refractivity (Wildman–Crippen MR) is 176 cm³/mol. The molecule has 258 valence electrons. The van der Waals surface area contributed by atoms with Crippen molar-refractivity contribution >= 4 is 68.3 Å². The van der Waals surface area contributed by atoms with E-state index in [2.05, 4.69) is 26.1 Å². The van der Waals surface area contributed by atoms with Gasteiger partial charge in [0.1, 0.15) is 5.69 Å². The SMILES string of the molecule is Cc1csc2c(C3CCN(CCCCN(C(=O)Nc4cccc(C(C)(F)F)c4Cl)C(=O)Nc4cccc(C(F)(F)F)c4Cl)CC3)noc12. The molecular formula is C32H32Cl2F5N5O3S. The standard InChI is InChI=1S/C32H32Cl2F5N5O3S/c1-18-17-48-28-26(42-47-27(18)28)19-11-15-43(16-12-19)13-3-4-14-44(29(45)40-22-9-5-7-20(24(22)33)31(2,35)36)30(46)41-23-10-6-8-21(25(23)34)32(37,38)39/h5-10,17,19H,3-4,11-16H2,1-2H3,(H,40,45)(H,41,46). The van der Waals surface area contributed by atoms with Gasteiger partial charge in [0.05, 0.1) is 31.7 Å². The highest BCUT2D eigenvalue weighted by molar-refractivity contribution is 7.17. The fraction of sp³-hybridized carbons (Fsp3) is 0.406. The van der Waals surface area contributed by atoms with Crippen molar-refractivity contribution < 1.29 is 36.1 Å². The van der Waals surface area contributed by atoms with E-state index in [4.69, 9.17) is 27.7 Å². The van der Waals surface area contributed by atoms with Crippen LogP contribution in [0.4, 0.5) is 42.9 Å². The van der Waals surface area contributed by atoms with E-state index in [1.165, 1.54) is 18.2 Å². The molecule has 4 amide bonds. The normalized spacial score (nSPS) is 14.8. The van der Waals surface area contributed by atoms with Crippen molar-refractivity contribution in [2.75, 3.05) is 36.8 Å². The van der Waals surface area contributed by atoms with E-state index in [9.17, 15) is 31.5 Å². The third-order valence-corrected chi connectivity index (χ3v) is 10.1. The summed E-state index contributed by atoms with van der Waals surface area (Å²) in [5.74, 6) is -3.03. The minimum atomic E-state index is -4.78. The third-order valence-electron chi connectivity index (χ3n) is 8.22. The number of benzene rings is 2. The minimum absolute atomic E-state index is 0.138. The van der Waals surface area contributed by atoms with Crippen molar-refractivity contribution in [3.05, 3.63) is 74.2 Å².